The molecule has 1 aromatic rings. The van der Waals surface area contributed by atoms with Crippen LogP contribution in [0.5, 0.6) is 5.75 Å². The van der Waals surface area contributed by atoms with Crippen LogP contribution in [0.1, 0.15) is 19.3 Å². The number of rotatable bonds is 6. The molecule has 17 heavy (non-hydrogen) atoms. The Labute approximate surface area is 107 Å². The van der Waals surface area contributed by atoms with Gasteiger partial charge in [0.2, 0.25) is 6.20 Å². The number of aromatic nitrogens is 1. The molecule has 4 nitrogen and oxygen atoms in total. The number of methoxy groups -OCH3 is 1. The number of hydrogen-bond acceptors (Lipinski definition) is 4. The fourth-order valence-electron chi connectivity index (χ4n) is 1.36. The third-order valence-electron chi connectivity index (χ3n) is 2.11. The normalized spacial score (nSPS) is 9.59. The minimum Gasteiger partial charge on any atom is -0.503 e. The molecule has 0 saturated heterocycles. The second kappa shape index (κ2) is 11.7. The Balaban J connectivity index is 0.000000770. The minimum absolute atomic E-state index is 0.324. The minimum atomic E-state index is 0.324. The molecular formula is C12H22NO3S+. The predicted molar refractivity (Wildman–Crippen MR) is 70.2 cm³/mol. The monoisotopic (exact) mass is 260 g/mol. The van der Waals surface area contributed by atoms with Gasteiger partial charge in [0.1, 0.15) is 6.54 Å². The lowest BCUT2D eigenvalue weighted by Gasteiger charge is -1.98. The first-order valence-electron chi connectivity index (χ1n) is 5.59. The van der Waals surface area contributed by atoms with E-state index in [0.29, 0.717) is 5.75 Å². The van der Waals surface area contributed by atoms with Crippen molar-refractivity contribution in [1.29, 1.82) is 0 Å². The van der Waals surface area contributed by atoms with Crippen molar-refractivity contribution in [3.05, 3.63) is 24.5 Å². The molecule has 0 fully saturated rings. The topological polar surface area (TPSA) is 53.6 Å². The van der Waals surface area contributed by atoms with Crippen LogP contribution in [0.2, 0.25) is 0 Å². The summed E-state index contributed by atoms with van der Waals surface area (Å²) in [4.78, 5) is 0. The molecular weight excluding hydrogens is 238 g/mol. The van der Waals surface area contributed by atoms with Crippen molar-refractivity contribution in [2.45, 2.75) is 25.8 Å². The Morgan fingerprint density at radius 3 is 2.65 bits per heavy atom. The first-order valence-corrected chi connectivity index (χ1v) is 6.77. The SMILES string of the molecule is COCCCCC[n+]1cccc(O)c1.CSO. The number of hydrogen-bond donors (Lipinski definition) is 2. The van der Waals surface area contributed by atoms with Gasteiger partial charge in [0.05, 0.1) is 0 Å². The van der Waals surface area contributed by atoms with Crippen LogP contribution < -0.4 is 4.57 Å². The van der Waals surface area contributed by atoms with E-state index in [2.05, 4.69) is 0 Å². The molecule has 0 aliphatic carbocycles. The molecule has 0 radical (unpaired) electrons. The molecule has 0 aromatic carbocycles. The van der Waals surface area contributed by atoms with Crippen LogP contribution in [0, 0.1) is 0 Å². The Bertz CT molecular complexity index is 284. The molecule has 0 aliphatic rings. The van der Waals surface area contributed by atoms with Gasteiger partial charge >= 0.3 is 0 Å². The molecule has 98 valence electrons. The van der Waals surface area contributed by atoms with E-state index in [1.54, 1.807) is 25.6 Å². The fraction of sp³-hybridized carbons (Fsp3) is 0.583. The summed E-state index contributed by atoms with van der Waals surface area (Å²) in [5.74, 6) is 0.324. The molecule has 0 bridgehead atoms. The molecule has 0 spiro atoms. The summed E-state index contributed by atoms with van der Waals surface area (Å²) in [5.41, 5.74) is 0. The number of aromatic hydroxyl groups is 1. The second-order valence-electron chi connectivity index (χ2n) is 3.54. The van der Waals surface area contributed by atoms with Gasteiger partial charge in [-0.3, -0.25) is 0 Å². The summed E-state index contributed by atoms with van der Waals surface area (Å²) in [6.07, 6.45) is 8.70. The van der Waals surface area contributed by atoms with E-state index in [1.165, 1.54) is 0 Å². The van der Waals surface area contributed by atoms with E-state index in [1.807, 2.05) is 16.8 Å². The predicted octanol–water partition coefficient (Wildman–Crippen LogP) is 2.32. The third kappa shape index (κ3) is 10.1. The van der Waals surface area contributed by atoms with Crippen molar-refractivity contribution in [3.63, 3.8) is 0 Å². The summed E-state index contributed by atoms with van der Waals surface area (Å²) in [7, 11) is 1.73. The molecule has 5 heteroatoms. The molecule has 0 unspecified atom stereocenters. The Morgan fingerprint density at radius 1 is 1.35 bits per heavy atom. The van der Waals surface area contributed by atoms with Gasteiger partial charge in [-0.2, -0.15) is 0 Å². The highest BCUT2D eigenvalue weighted by molar-refractivity contribution is 7.93. The van der Waals surface area contributed by atoms with E-state index in [-0.39, 0.29) is 0 Å². The maximum absolute atomic E-state index is 9.21. The standard InChI is InChI=1S/C11H17NO2.CH4OS/c1-14-9-4-2-3-7-12-8-5-6-11(13)10-12;1-3-2/h5-6,8,10H,2-4,7,9H2,1H3;2H,1H3/p+1. The Morgan fingerprint density at radius 2 is 2.06 bits per heavy atom. The number of aryl methyl sites for hydroxylation is 1. The van der Waals surface area contributed by atoms with Crippen molar-refractivity contribution in [2.75, 3.05) is 20.0 Å². The summed E-state index contributed by atoms with van der Waals surface area (Å²) >= 11 is 0.750. The second-order valence-corrected chi connectivity index (χ2v) is 3.90. The fourth-order valence-corrected chi connectivity index (χ4v) is 1.36. The van der Waals surface area contributed by atoms with Crippen LogP contribution in [0.4, 0.5) is 0 Å². The molecule has 1 heterocycles. The van der Waals surface area contributed by atoms with Gasteiger partial charge < -0.3 is 14.4 Å². The maximum atomic E-state index is 9.21. The highest BCUT2D eigenvalue weighted by Gasteiger charge is 2.00. The number of unbranched alkanes of at least 4 members (excludes halogenated alkanes) is 2. The van der Waals surface area contributed by atoms with Crippen LogP contribution in [-0.2, 0) is 11.3 Å². The van der Waals surface area contributed by atoms with Gasteiger partial charge in [-0.25, -0.2) is 4.57 Å². The molecule has 0 atom stereocenters. The van der Waals surface area contributed by atoms with Gasteiger partial charge in [-0.1, -0.05) is 0 Å². The van der Waals surface area contributed by atoms with Gasteiger partial charge in [0.25, 0.3) is 0 Å². The zero-order valence-corrected chi connectivity index (χ0v) is 11.3. The van der Waals surface area contributed by atoms with E-state index >= 15 is 0 Å². The zero-order valence-electron chi connectivity index (χ0n) is 10.5. The van der Waals surface area contributed by atoms with Gasteiger partial charge in [0, 0.05) is 32.5 Å². The number of pyridine rings is 1. The van der Waals surface area contributed by atoms with E-state index in [0.717, 1.165) is 44.5 Å². The Hall–Kier alpha value is -0.780. The van der Waals surface area contributed by atoms with Gasteiger partial charge in [-0.05, 0) is 31.0 Å². The van der Waals surface area contributed by atoms with Crippen molar-refractivity contribution in [1.82, 2.24) is 0 Å². The lowest BCUT2D eigenvalue weighted by atomic mass is 10.2. The van der Waals surface area contributed by atoms with E-state index in [4.69, 9.17) is 9.29 Å². The molecule has 0 amide bonds. The number of nitrogens with zero attached hydrogens (tertiary/aromatic N) is 1. The average Bonchev–Trinajstić information content (AvgIpc) is 2.30. The highest BCUT2D eigenvalue weighted by Crippen LogP contribution is 2.01. The van der Waals surface area contributed by atoms with Gasteiger partial charge in [-0.15, -0.1) is 0 Å². The molecule has 0 saturated carbocycles. The average molecular weight is 260 g/mol. The van der Waals surface area contributed by atoms with Crippen molar-refractivity contribution in [3.8, 4) is 5.75 Å². The molecule has 1 rings (SSSR count). The van der Waals surface area contributed by atoms with Crippen molar-refractivity contribution in [2.24, 2.45) is 0 Å². The van der Waals surface area contributed by atoms with Crippen LogP contribution in [0.15, 0.2) is 24.5 Å². The van der Waals surface area contributed by atoms with E-state index < -0.39 is 0 Å². The maximum Gasteiger partial charge on any atom is 0.210 e. The number of ether oxygens (including phenoxy) is 1. The van der Waals surface area contributed by atoms with Crippen LogP contribution >= 0.6 is 12.0 Å². The quantitative estimate of drug-likeness (QED) is 0.468. The largest absolute Gasteiger partial charge is 0.503 e. The smallest absolute Gasteiger partial charge is 0.210 e. The summed E-state index contributed by atoms with van der Waals surface area (Å²) in [6.45, 7) is 1.79. The van der Waals surface area contributed by atoms with Crippen molar-refractivity contribution >= 4 is 12.0 Å². The zero-order chi connectivity index (χ0) is 12.9. The third-order valence-corrected chi connectivity index (χ3v) is 2.11. The summed E-state index contributed by atoms with van der Waals surface area (Å²) in [5, 5.41) is 9.21. The van der Waals surface area contributed by atoms with E-state index in [9.17, 15) is 5.11 Å². The molecule has 2 N–H and O–H groups in total. The summed E-state index contributed by atoms with van der Waals surface area (Å²) in [6, 6.07) is 3.53. The molecule has 1 aromatic heterocycles. The van der Waals surface area contributed by atoms with Crippen LogP contribution in [0.25, 0.3) is 0 Å². The first kappa shape index (κ1) is 16.2. The first-order chi connectivity index (χ1) is 8.24. The van der Waals surface area contributed by atoms with Crippen molar-refractivity contribution < 1.29 is 19.0 Å². The van der Waals surface area contributed by atoms with Crippen LogP contribution in [0.3, 0.4) is 0 Å². The summed E-state index contributed by atoms with van der Waals surface area (Å²) < 4.78 is 14.5. The lowest BCUT2D eigenvalue weighted by Crippen LogP contribution is -2.32. The Kier molecular flexibility index (Phi) is 11.2. The highest BCUT2D eigenvalue weighted by atomic mass is 32.2. The molecule has 0 aliphatic heterocycles. The van der Waals surface area contributed by atoms with Gasteiger partial charge in [0.15, 0.2) is 11.9 Å². The van der Waals surface area contributed by atoms with Crippen LogP contribution in [-0.4, -0.2) is 29.6 Å². The lowest BCUT2D eigenvalue weighted by molar-refractivity contribution is -0.697.